The van der Waals surface area contributed by atoms with Gasteiger partial charge in [-0.2, -0.15) is 0 Å². The van der Waals surface area contributed by atoms with Gasteiger partial charge in [0.15, 0.2) is 5.78 Å². The number of rotatable bonds is 3. The maximum Gasteiger partial charge on any atom is 0.286 e. The van der Waals surface area contributed by atoms with Gasteiger partial charge in [0.05, 0.1) is 0 Å². The third-order valence-corrected chi connectivity index (χ3v) is 3.93. The van der Waals surface area contributed by atoms with E-state index in [1.807, 2.05) is 26.0 Å². The van der Waals surface area contributed by atoms with Gasteiger partial charge in [-0.1, -0.05) is 17.7 Å². The molecule has 1 aromatic carbocycles. The molecule has 0 aliphatic heterocycles. The van der Waals surface area contributed by atoms with Crippen molar-refractivity contribution in [3.63, 3.8) is 0 Å². The molecule has 2 aromatic rings. The quantitative estimate of drug-likeness (QED) is 0.597. The van der Waals surface area contributed by atoms with Gasteiger partial charge >= 0.3 is 0 Å². The highest BCUT2D eigenvalue weighted by Crippen LogP contribution is 2.18. The number of carbonyl (C=O) groups excluding carboxylic acids is 3. The molecule has 0 atom stereocenters. The Bertz CT molecular complexity index is 834. The largest absolute Gasteiger partial charge is 0.354 e. The number of ketones is 1. The lowest BCUT2D eigenvalue weighted by Crippen LogP contribution is -2.42. The van der Waals surface area contributed by atoms with Crippen LogP contribution >= 0.6 is 0 Å². The number of Topliss-reactive ketones (excluding diaryl/α,β-unsaturated/α-hetero) is 1. The number of hydrazine groups is 1. The highest BCUT2D eigenvalue weighted by molar-refractivity contribution is 6.03. The van der Waals surface area contributed by atoms with Crippen LogP contribution in [0.1, 0.15) is 60.5 Å². The van der Waals surface area contributed by atoms with Crippen LogP contribution in [0.3, 0.4) is 0 Å². The molecule has 0 radical (unpaired) electrons. The summed E-state index contributed by atoms with van der Waals surface area (Å²) in [6.45, 7) is 8.66. The molecule has 24 heavy (non-hydrogen) atoms. The predicted octanol–water partition coefficient (Wildman–Crippen LogP) is 2.53. The molecule has 1 heterocycles. The Kier molecular flexibility index (Phi) is 4.87. The van der Waals surface area contributed by atoms with Crippen molar-refractivity contribution in [3.05, 3.63) is 57.4 Å². The minimum absolute atomic E-state index is 0.111. The van der Waals surface area contributed by atoms with Gasteiger partial charge in [-0.15, -0.1) is 0 Å². The maximum absolute atomic E-state index is 12.3. The van der Waals surface area contributed by atoms with Crippen LogP contribution in [0.4, 0.5) is 0 Å². The summed E-state index contributed by atoms with van der Waals surface area (Å²) < 4.78 is 0. The fourth-order valence-corrected chi connectivity index (χ4v) is 2.82. The van der Waals surface area contributed by atoms with Crippen LogP contribution in [0.15, 0.2) is 18.2 Å². The van der Waals surface area contributed by atoms with Crippen molar-refractivity contribution in [2.45, 2.75) is 34.6 Å². The second kappa shape index (κ2) is 6.70. The lowest BCUT2D eigenvalue weighted by molar-refractivity contribution is 0.0843. The van der Waals surface area contributed by atoms with Crippen molar-refractivity contribution in [1.29, 1.82) is 0 Å². The fourth-order valence-electron chi connectivity index (χ4n) is 2.82. The zero-order chi connectivity index (χ0) is 18.0. The minimum Gasteiger partial charge on any atom is -0.354 e. The van der Waals surface area contributed by atoms with Crippen molar-refractivity contribution in [2.24, 2.45) is 0 Å². The normalized spacial score (nSPS) is 10.4. The van der Waals surface area contributed by atoms with E-state index in [0.717, 1.165) is 11.1 Å². The van der Waals surface area contributed by atoms with E-state index in [1.54, 1.807) is 19.9 Å². The van der Waals surface area contributed by atoms with E-state index in [-0.39, 0.29) is 11.5 Å². The number of hydrogen-bond donors (Lipinski definition) is 3. The highest BCUT2D eigenvalue weighted by atomic mass is 16.2. The van der Waals surface area contributed by atoms with Crippen LogP contribution in [0, 0.1) is 27.7 Å². The minimum atomic E-state index is -0.499. The second-order valence-electron chi connectivity index (χ2n) is 5.91. The van der Waals surface area contributed by atoms with Gasteiger partial charge in [0.2, 0.25) is 0 Å². The van der Waals surface area contributed by atoms with Gasteiger partial charge in [0.1, 0.15) is 5.69 Å². The van der Waals surface area contributed by atoms with Crippen molar-refractivity contribution in [1.82, 2.24) is 15.8 Å². The molecule has 0 saturated carbocycles. The van der Waals surface area contributed by atoms with Gasteiger partial charge in [-0.05, 0) is 51.8 Å². The molecule has 0 unspecified atom stereocenters. The predicted molar refractivity (Wildman–Crippen MR) is 91.1 cm³/mol. The Morgan fingerprint density at radius 3 is 2.12 bits per heavy atom. The number of aromatic nitrogens is 1. The Morgan fingerprint density at radius 2 is 1.58 bits per heavy atom. The summed E-state index contributed by atoms with van der Waals surface area (Å²) in [6, 6.07) is 5.44. The molecule has 2 amide bonds. The molecule has 6 nitrogen and oxygen atoms in total. The Hall–Kier alpha value is -2.89. The molecule has 0 bridgehead atoms. The van der Waals surface area contributed by atoms with Crippen LogP contribution in [0.25, 0.3) is 0 Å². The molecule has 1 aromatic heterocycles. The molecule has 6 heteroatoms. The maximum atomic E-state index is 12.3. The van der Waals surface area contributed by atoms with E-state index < -0.39 is 11.8 Å². The van der Waals surface area contributed by atoms with Crippen molar-refractivity contribution in [3.8, 4) is 0 Å². The molecular formula is C18H21N3O3. The third kappa shape index (κ3) is 3.37. The van der Waals surface area contributed by atoms with Crippen LogP contribution < -0.4 is 10.9 Å². The second-order valence-corrected chi connectivity index (χ2v) is 5.91. The highest BCUT2D eigenvalue weighted by Gasteiger charge is 2.20. The summed E-state index contributed by atoms with van der Waals surface area (Å²) in [4.78, 5) is 39.0. The Morgan fingerprint density at radius 1 is 0.958 bits per heavy atom. The number of aromatic amines is 1. The number of amides is 2. The van der Waals surface area contributed by atoms with E-state index in [9.17, 15) is 14.4 Å². The lowest BCUT2D eigenvalue weighted by Gasteiger charge is -2.09. The van der Waals surface area contributed by atoms with E-state index in [2.05, 4.69) is 15.8 Å². The zero-order valence-corrected chi connectivity index (χ0v) is 14.5. The monoisotopic (exact) mass is 327 g/mol. The topological polar surface area (TPSA) is 91.1 Å². The van der Waals surface area contributed by atoms with Gasteiger partial charge in [0, 0.05) is 16.8 Å². The van der Waals surface area contributed by atoms with Gasteiger partial charge in [-0.25, -0.2) is 0 Å². The number of benzene rings is 1. The van der Waals surface area contributed by atoms with Crippen molar-refractivity contribution in [2.75, 3.05) is 0 Å². The molecule has 0 fully saturated rings. The molecule has 0 saturated heterocycles. The first kappa shape index (κ1) is 17.5. The van der Waals surface area contributed by atoms with Crippen LogP contribution in [0.5, 0.6) is 0 Å². The van der Waals surface area contributed by atoms with E-state index in [4.69, 9.17) is 0 Å². The standard InChI is InChI=1S/C18H21N3O3/c1-9-6-7-14(10(2)8-9)17(23)20-21-18(24)16-11(3)15(13(5)22)12(4)19-16/h6-8,19H,1-5H3,(H,20,23)(H,21,24). The van der Waals surface area contributed by atoms with Gasteiger partial charge in [-0.3, -0.25) is 25.2 Å². The summed E-state index contributed by atoms with van der Waals surface area (Å²) in [5, 5.41) is 0. The summed E-state index contributed by atoms with van der Waals surface area (Å²) in [6.07, 6.45) is 0. The number of nitrogens with one attached hydrogen (secondary N) is 3. The van der Waals surface area contributed by atoms with E-state index in [1.165, 1.54) is 6.92 Å². The van der Waals surface area contributed by atoms with Crippen LogP contribution in [-0.2, 0) is 0 Å². The first-order chi connectivity index (χ1) is 11.2. The SMILES string of the molecule is CC(=O)c1c(C)[nH]c(C(=O)NNC(=O)c2ccc(C)cc2C)c1C. The number of H-pyrrole nitrogens is 1. The smallest absolute Gasteiger partial charge is 0.286 e. The summed E-state index contributed by atoms with van der Waals surface area (Å²) in [5.74, 6) is -1.01. The summed E-state index contributed by atoms with van der Waals surface area (Å²) in [7, 11) is 0. The van der Waals surface area contributed by atoms with Crippen LogP contribution in [-0.4, -0.2) is 22.6 Å². The summed E-state index contributed by atoms with van der Waals surface area (Å²) in [5.41, 5.74) is 9.11. The Balaban J connectivity index is 2.12. The zero-order valence-electron chi connectivity index (χ0n) is 14.5. The molecule has 2 rings (SSSR count). The van der Waals surface area contributed by atoms with Crippen molar-refractivity contribution < 1.29 is 14.4 Å². The molecule has 3 N–H and O–H groups in total. The summed E-state index contributed by atoms with van der Waals surface area (Å²) >= 11 is 0. The molecule has 0 aliphatic carbocycles. The first-order valence-electron chi connectivity index (χ1n) is 7.60. The fraction of sp³-hybridized carbons (Fsp3) is 0.278. The van der Waals surface area contributed by atoms with Crippen molar-refractivity contribution >= 4 is 17.6 Å². The average molecular weight is 327 g/mol. The number of carbonyl (C=O) groups is 3. The van der Waals surface area contributed by atoms with E-state index in [0.29, 0.717) is 22.4 Å². The molecule has 0 spiro atoms. The lowest BCUT2D eigenvalue weighted by atomic mass is 10.1. The number of hydrogen-bond acceptors (Lipinski definition) is 3. The van der Waals surface area contributed by atoms with Gasteiger partial charge in [0.25, 0.3) is 11.8 Å². The molecule has 0 aliphatic rings. The third-order valence-electron chi connectivity index (χ3n) is 3.93. The van der Waals surface area contributed by atoms with Gasteiger partial charge < -0.3 is 4.98 Å². The van der Waals surface area contributed by atoms with Crippen LogP contribution in [0.2, 0.25) is 0 Å². The molecule has 126 valence electrons. The van der Waals surface area contributed by atoms with E-state index >= 15 is 0 Å². The Labute approximate surface area is 140 Å². The molecular weight excluding hydrogens is 306 g/mol. The number of aryl methyl sites for hydroxylation is 3. The average Bonchev–Trinajstić information content (AvgIpc) is 2.79. The first-order valence-corrected chi connectivity index (χ1v) is 7.60.